The van der Waals surface area contributed by atoms with Crippen LogP contribution in [0.15, 0.2) is 48.7 Å². The number of urea groups is 1. The van der Waals surface area contributed by atoms with Gasteiger partial charge < -0.3 is 20.1 Å². The number of aliphatic carboxylic acids is 1. The Labute approximate surface area is 203 Å². The molecule has 1 unspecified atom stereocenters. The molecule has 9 nitrogen and oxygen atoms in total. The monoisotopic (exact) mass is 504 g/mol. The summed E-state index contributed by atoms with van der Waals surface area (Å²) in [6.07, 6.45) is 0.159. The number of carbonyl (C=O) groups excluding carboxylic acids is 2. The van der Waals surface area contributed by atoms with Crippen molar-refractivity contribution < 1.29 is 37.4 Å². The standard InChI is InChI=1S/C24H23F3N4O5/c1-31(23(34)29-12-15-3-2-4-19(26)22(15)27)18(7-8-21(32)33)13-36-24(35)30-20-10-16-9-17(25)6-5-14(16)11-28-20/h2-6,9-11,18H,7-8,12-13H2,1H3,(H,29,34)(H,32,33)(H,28,30,35). The Morgan fingerprint density at radius 2 is 1.89 bits per heavy atom. The van der Waals surface area contributed by atoms with Crippen LogP contribution in [0.5, 0.6) is 0 Å². The zero-order valence-electron chi connectivity index (χ0n) is 19.1. The van der Waals surface area contributed by atoms with Gasteiger partial charge in [-0.05, 0) is 42.1 Å². The predicted octanol–water partition coefficient (Wildman–Crippen LogP) is 4.28. The lowest BCUT2D eigenvalue weighted by atomic mass is 10.1. The Morgan fingerprint density at radius 1 is 1.11 bits per heavy atom. The highest BCUT2D eigenvalue weighted by atomic mass is 19.2. The first-order valence-electron chi connectivity index (χ1n) is 10.8. The van der Waals surface area contributed by atoms with Crippen molar-refractivity contribution in [2.45, 2.75) is 25.4 Å². The molecule has 3 rings (SSSR count). The molecule has 0 spiro atoms. The van der Waals surface area contributed by atoms with Crippen molar-refractivity contribution in [2.75, 3.05) is 19.0 Å². The van der Waals surface area contributed by atoms with E-state index in [-0.39, 0.29) is 37.4 Å². The van der Waals surface area contributed by atoms with E-state index < -0.39 is 41.6 Å². The van der Waals surface area contributed by atoms with Crippen molar-refractivity contribution in [3.05, 3.63) is 71.7 Å². The summed E-state index contributed by atoms with van der Waals surface area (Å²) in [5.74, 6) is -3.62. The molecule has 3 aromatic rings. The van der Waals surface area contributed by atoms with Crippen LogP contribution in [0.3, 0.4) is 0 Å². The number of aromatic nitrogens is 1. The Morgan fingerprint density at radius 3 is 2.64 bits per heavy atom. The van der Waals surface area contributed by atoms with Crippen molar-refractivity contribution in [2.24, 2.45) is 0 Å². The fraction of sp³-hybridized carbons (Fsp3) is 0.250. The van der Waals surface area contributed by atoms with Gasteiger partial charge in [0.2, 0.25) is 0 Å². The molecule has 2 aromatic carbocycles. The number of likely N-dealkylation sites (N-methyl/N-ethyl adjacent to an activating group) is 1. The second-order valence-corrected chi connectivity index (χ2v) is 7.85. The molecule has 36 heavy (non-hydrogen) atoms. The van der Waals surface area contributed by atoms with Crippen LogP contribution in [0.25, 0.3) is 10.8 Å². The molecule has 3 N–H and O–H groups in total. The summed E-state index contributed by atoms with van der Waals surface area (Å²) >= 11 is 0. The third-order valence-corrected chi connectivity index (χ3v) is 5.34. The third kappa shape index (κ3) is 7.08. The van der Waals surface area contributed by atoms with E-state index in [2.05, 4.69) is 15.6 Å². The summed E-state index contributed by atoms with van der Waals surface area (Å²) in [6, 6.07) is 7.55. The second-order valence-electron chi connectivity index (χ2n) is 7.85. The predicted molar refractivity (Wildman–Crippen MR) is 124 cm³/mol. The maximum absolute atomic E-state index is 13.8. The minimum absolute atomic E-state index is 0.0473. The lowest BCUT2D eigenvalue weighted by Crippen LogP contribution is -2.46. The Hall–Kier alpha value is -4.35. The second kappa shape index (κ2) is 11.9. The topological polar surface area (TPSA) is 121 Å². The average Bonchev–Trinajstić information content (AvgIpc) is 2.84. The number of nitrogens with one attached hydrogen (secondary N) is 2. The first-order chi connectivity index (χ1) is 17.1. The lowest BCUT2D eigenvalue weighted by molar-refractivity contribution is -0.137. The van der Waals surface area contributed by atoms with Crippen LogP contribution < -0.4 is 10.6 Å². The summed E-state index contributed by atoms with van der Waals surface area (Å²) in [6.45, 7) is -0.673. The van der Waals surface area contributed by atoms with Crippen molar-refractivity contribution in [3.63, 3.8) is 0 Å². The zero-order valence-corrected chi connectivity index (χ0v) is 19.1. The van der Waals surface area contributed by atoms with E-state index >= 15 is 0 Å². The van der Waals surface area contributed by atoms with Crippen LogP contribution in [0.4, 0.5) is 28.6 Å². The van der Waals surface area contributed by atoms with Gasteiger partial charge in [0.1, 0.15) is 18.2 Å². The summed E-state index contributed by atoms with van der Waals surface area (Å²) < 4.78 is 45.8. The number of hydrogen-bond donors (Lipinski definition) is 3. The Bertz CT molecular complexity index is 1270. The van der Waals surface area contributed by atoms with Crippen molar-refractivity contribution in [3.8, 4) is 0 Å². The minimum atomic E-state index is -1.12. The third-order valence-electron chi connectivity index (χ3n) is 5.34. The average molecular weight is 504 g/mol. The van der Waals surface area contributed by atoms with E-state index in [1.165, 1.54) is 49.6 Å². The van der Waals surface area contributed by atoms with Gasteiger partial charge in [-0.1, -0.05) is 12.1 Å². The Kier molecular flexibility index (Phi) is 8.66. The molecule has 0 aliphatic heterocycles. The maximum Gasteiger partial charge on any atom is 0.412 e. The number of carboxylic acids is 1. The van der Waals surface area contributed by atoms with E-state index in [4.69, 9.17) is 9.84 Å². The van der Waals surface area contributed by atoms with Crippen molar-refractivity contribution >= 4 is 34.7 Å². The van der Waals surface area contributed by atoms with Gasteiger partial charge in [-0.2, -0.15) is 0 Å². The number of hydrogen-bond acceptors (Lipinski definition) is 5. The number of fused-ring (bicyclic) bond motifs is 1. The van der Waals surface area contributed by atoms with Crippen LogP contribution in [0.2, 0.25) is 0 Å². The SMILES string of the molecule is CN(C(=O)NCc1cccc(F)c1F)C(CCC(=O)O)COC(=O)Nc1cc2cc(F)ccc2cn1. The van der Waals surface area contributed by atoms with Crippen LogP contribution >= 0.6 is 0 Å². The molecule has 1 aromatic heterocycles. The van der Waals surface area contributed by atoms with E-state index in [0.29, 0.717) is 10.8 Å². The molecule has 190 valence electrons. The molecular formula is C24H23F3N4O5. The van der Waals surface area contributed by atoms with Gasteiger partial charge in [0.05, 0.1) is 6.04 Å². The number of carboxylic acid groups (broad SMARTS) is 1. The molecule has 0 saturated heterocycles. The molecule has 0 bridgehead atoms. The Balaban J connectivity index is 1.60. The summed E-state index contributed by atoms with van der Waals surface area (Å²) in [5.41, 5.74) is -0.0720. The summed E-state index contributed by atoms with van der Waals surface area (Å²) in [7, 11) is 1.35. The van der Waals surface area contributed by atoms with E-state index in [9.17, 15) is 27.6 Å². The summed E-state index contributed by atoms with van der Waals surface area (Å²) in [4.78, 5) is 41.0. The van der Waals surface area contributed by atoms with Gasteiger partial charge in [0, 0.05) is 37.2 Å². The highest BCUT2D eigenvalue weighted by Crippen LogP contribution is 2.18. The molecule has 0 saturated carbocycles. The van der Waals surface area contributed by atoms with E-state index in [1.807, 2.05) is 0 Å². The first kappa shape index (κ1) is 26.3. The minimum Gasteiger partial charge on any atom is -0.481 e. The normalized spacial score (nSPS) is 11.6. The number of amides is 3. The number of anilines is 1. The fourth-order valence-electron chi connectivity index (χ4n) is 3.32. The number of carbonyl (C=O) groups is 3. The van der Waals surface area contributed by atoms with Gasteiger partial charge >= 0.3 is 18.1 Å². The van der Waals surface area contributed by atoms with Crippen LogP contribution in [0.1, 0.15) is 18.4 Å². The van der Waals surface area contributed by atoms with Gasteiger partial charge in [-0.25, -0.2) is 27.7 Å². The molecule has 1 atom stereocenters. The molecule has 0 radical (unpaired) electrons. The van der Waals surface area contributed by atoms with Crippen LogP contribution in [0, 0.1) is 17.5 Å². The molecule has 12 heteroatoms. The van der Waals surface area contributed by atoms with Gasteiger partial charge in [0.15, 0.2) is 11.6 Å². The number of benzene rings is 2. The fourth-order valence-corrected chi connectivity index (χ4v) is 3.32. The first-order valence-corrected chi connectivity index (χ1v) is 10.8. The van der Waals surface area contributed by atoms with Gasteiger partial charge in [-0.3, -0.25) is 10.1 Å². The number of halogens is 3. The molecule has 3 amide bonds. The lowest BCUT2D eigenvalue weighted by Gasteiger charge is -2.27. The molecule has 0 aliphatic carbocycles. The smallest absolute Gasteiger partial charge is 0.412 e. The number of ether oxygens (including phenoxy) is 1. The van der Waals surface area contributed by atoms with E-state index in [1.54, 1.807) is 0 Å². The highest BCUT2D eigenvalue weighted by molar-refractivity contribution is 5.89. The van der Waals surface area contributed by atoms with Crippen LogP contribution in [-0.2, 0) is 16.1 Å². The summed E-state index contributed by atoms with van der Waals surface area (Å²) in [5, 5.41) is 15.0. The zero-order chi connectivity index (χ0) is 26.2. The van der Waals surface area contributed by atoms with Gasteiger partial charge in [-0.15, -0.1) is 0 Å². The highest BCUT2D eigenvalue weighted by Gasteiger charge is 2.23. The molecule has 0 fully saturated rings. The maximum atomic E-state index is 13.8. The quantitative estimate of drug-likeness (QED) is 0.400. The number of rotatable bonds is 9. The molecule has 1 heterocycles. The van der Waals surface area contributed by atoms with Crippen molar-refractivity contribution in [1.29, 1.82) is 0 Å². The molecular weight excluding hydrogens is 481 g/mol. The van der Waals surface area contributed by atoms with Crippen molar-refractivity contribution in [1.82, 2.24) is 15.2 Å². The van der Waals surface area contributed by atoms with Gasteiger partial charge in [0.25, 0.3) is 0 Å². The largest absolute Gasteiger partial charge is 0.481 e. The van der Waals surface area contributed by atoms with Crippen LogP contribution in [-0.4, -0.2) is 52.8 Å². The van der Waals surface area contributed by atoms with E-state index in [0.717, 1.165) is 11.0 Å². The number of pyridine rings is 1. The molecule has 0 aliphatic rings. The number of nitrogens with zero attached hydrogens (tertiary/aromatic N) is 2.